The molecule has 2 N–H and O–H groups in total. The first kappa shape index (κ1) is 16.3. The van der Waals surface area contributed by atoms with Gasteiger partial charge >= 0.3 is 0 Å². The van der Waals surface area contributed by atoms with Gasteiger partial charge in [0, 0.05) is 51.2 Å². The Morgan fingerprint density at radius 2 is 1.71 bits per heavy atom. The summed E-state index contributed by atoms with van der Waals surface area (Å²) in [6.45, 7) is 4.74. The number of nitrogens with zero attached hydrogens (tertiary/aromatic N) is 5. The van der Waals surface area contributed by atoms with Crippen LogP contribution >= 0.6 is 0 Å². The summed E-state index contributed by atoms with van der Waals surface area (Å²) in [5.74, 6) is -0.633. The first-order valence-corrected chi connectivity index (χ1v) is 7.83. The van der Waals surface area contributed by atoms with E-state index in [2.05, 4.69) is 19.9 Å². The molecule has 0 aromatic carbocycles. The molecular weight excluding hydrogens is 308 g/mol. The van der Waals surface area contributed by atoms with Crippen LogP contribution in [-0.4, -0.2) is 56.7 Å². The maximum absolute atomic E-state index is 11.9. The van der Waals surface area contributed by atoms with Crippen LogP contribution in [0, 0.1) is 0 Å². The average molecular weight is 328 g/mol. The number of amides is 1. The Labute approximate surface area is 139 Å². The standard InChI is InChI=1S/C16H20N6O2/c17-16(24)14-1-2-15(23)22(19-14)12-21-9-7-20(8-10-21)11-13-3-5-18-6-4-13/h1-6H,7-12H2,(H2,17,24). The van der Waals surface area contributed by atoms with Crippen LogP contribution in [0.3, 0.4) is 0 Å². The van der Waals surface area contributed by atoms with E-state index in [0.717, 1.165) is 32.7 Å². The third-order valence-electron chi connectivity index (χ3n) is 4.07. The molecule has 3 heterocycles. The summed E-state index contributed by atoms with van der Waals surface area (Å²) >= 11 is 0. The molecule has 1 aliphatic heterocycles. The molecule has 8 nitrogen and oxygen atoms in total. The maximum Gasteiger partial charge on any atom is 0.269 e. The minimum absolute atomic E-state index is 0.103. The fourth-order valence-electron chi connectivity index (χ4n) is 2.71. The van der Waals surface area contributed by atoms with Gasteiger partial charge in [0.15, 0.2) is 0 Å². The summed E-state index contributed by atoms with van der Waals surface area (Å²) in [5.41, 5.74) is 6.32. The molecule has 0 atom stereocenters. The molecule has 1 amide bonds. The number of rotatable bonds is 5. The summed E-state index contributed by atoms with van der Waals surface area (Å²) in [6, 6.07) is 6.72. The summed E-state index contributed by atoms with van der Waals surface area (Å²) in [5, 5.41) is 4.02. The van der Waals surface area contributed by atoms with Crippen molar-refractivity contribution < 1.29 is 4.79 Å². The van der Waals surface area contributed by atoms with Gasteiger partial charge in [-0.25, -0.2) is 4.68 Å². The fraction of sp³-hybridized carbons (Fsp3) is 0.375. The molecule has 3 rings (SSSR count). The van der Waals surface area contributed by atoms with Gasteiger partial charge in [0.1, 0.15) is 5.69 Å². The summed E-state index contributed by atoms with van der Waals surface area (Å²) < 4.78 is 1.29. The molecule has 8 heteroatoms. The number of hydrogen-bond acceptors (Lipinski definition) is 6. The molecule has 0 unspecified atom stereocenters. The van der Waals surface area contributed by atoms with E-state index in [-0.39, 0.29) is 11.3 Å². The van der Waals surface area contributed by atoms with E-state index in [1.165, 1.54) is 22.4 Å². The third-order valence-corrected chi connectivity index (χ3v) is 4.07. The highest BCUT2D eigenvalue weighted by Gasteiger charge is 2.18. The highest BCUT2D eigenvalue weighted by atomic mass is 16.1. The molecule has 0 aliphatic carbocycles. The van der Waals surface area contributed by atoms with Crippen LogP contribution in [-0.2, 0) is 13.2 Å². The lowest BCUT2D eigenvalue weighted by Crippen LogP contribution is -2.47. The Kier molecular flexibility index (Phi) is 4.97. The van der Waals surface area contributed by atoms with Gasteiger partial charge in [-0.3, -0.25) is 24.4 Å². The second kappa shape index (κ2) is 7.33. The molecule has 0 saturated carbocycles. The van der Waals surface area contributed by atoms with Gasteiger partial charge in [-0.2, -0.15) is 5.10 Å². The van der Waals surface area contributed by atoms with Gasteiger partial charge in [0.05, 0.1) is 6.67 Å². The van der Waals surface area contributed by atoms with E-state index in [1.54, 1.807) is 12.4 Å². The summed E-state index contributed by atoms with van der Waals surface area (Å²) in [7, 11) is 0. The zero-order valence-electron chi connectivity index (χ0n) is 13.3. The number of pyridine rings is 1. The zero-order valence-corrected chi connectivity index (χ0v) is 13.3. The maximum atomic E-state index is 11.9. The predicted octanol–water partition coefficient (Wildman–Crippen LogP) is -0.487. The van der Waals surface area contributed by atoms with Crippen molar-refractivity contribution >= 4 is 5.91 Å². The van der Waals surface area contributed by atoms with Gasteiger partial charge in [0.25, 0.3) is 11.5 Å². The molecule has 0 radical (unpaired) electrons. The summed E-state index contributed by atoms with van der Waals surface area (Å²) in [6.07, 6.45) is 3.60. The third kappa shape index (κ3) is 4.03. The topological polar surface area (TPSA) is 97.3 Å². The monoisotopic (exact) mass is 328 g/mol. The van der Waals surface area contributed by atoms with Crippen molar-refractivity contribution in [1.29, 1.82) is 0 Å². The number of hydrogen-bond donors (Lipinski definition) is 1. The van der Waals surface area contributed by atoms with E-state index in [9.17, 15) is 9.59 Å². The van der Waals surface area contributed by atoms with Crippen LogP contribution < -0.4 is 11.3 Å². The van der Waals surface area contributed by atoms with Crippen molar-refractivity contribution in [3.05, 3.63) is 58.3 Å². The van der Waals surface area contributed by atoms with Crippen molar-refractivity contribution in [2.45, 2.75) is 13.2 Å². The first-order chi connectivity index (χ1) is 11.6. The minimum atomic E-state index is -0.633. The molecule has 2 aromatic heterocycles. The Morgan fingerprint density at radius 1 is 1.04 bits per heavy atom. The van der Waals surface area contributed by atoms with E-state index in [4.69, 9.17) is 5.73 Å². The van der Waals surface area contributed by atoms with Crippen molar-refractivity contribution in [1.82, 2.24) is 24.6 Å². The van der Waals surface area contributed by atoms with Crippen LogP contribution in [0.5, 0.6) is 0 Å². The number of aromatic nitrogens is 3. The molecule has 2 aromatic rings. The van der Waals surface area contributed by atoms with Crippen molar-refractivity contribution in [3.8, 4) is 0 Å². The van der Waals surface area contributed by atoms with Gasteiger partial charge < -0.3 is 5.73 Å². The second-order valence-electron chi connectivity index (χ2n) is 5.81. The Balaban J connectivity index is 1.57. The van der Waals surface area contributed by atoms with Gasteiger partial charge in [0.2, 0.25) is 0 Å². The number of piperazine rings is 1. The number of carbonyl (C=O) groups excluding carboxylic acids is 1. The van der Waals surface area contributed by atoms with Gasteiger partial charge in [-0.15, -0.1) is 0 Å². The smallest absolute Gasteiger partial charge is 0.269 e. The number of primary amides is 1. The Morgan fingerprint density at radius 3 is 2.38 bits per heavy atom. The molecule has 1 aliphatic rings. The van der Waals surface area contributed by atoms with Crippen LogP contribution in [0.25, 0.3) is 0 Å². The molecule has 1 saturated heterocycles. The highest BCUT2D eigenvalue weighted by Crippen LogP contribution is 2.08. The van der Waals surface area contributed by atoms with E-state index in [0.29, 0.717) is 6.67 Å². The molecule has 24 heavy (non-hydrogen) atoms. The van der Waals surface area contributed by atoms with Crippen LogP contribution in [0.1, 0.15) is 16.1 Å². The minimum Gasteiger partial charge on any atom is -0.364 e. The molecule has 0 bridgehead atoms. The largest absolute Gasteiger partial charge is 0.364 e. The number of nitrogens with two attached hydrogens (primary N) is 1. The molecule has 0 spiro atoms. The second-order valence-corrected chi connectivity index (χ2v) is 5.81. The van der Waals surface area contributed by atoms with Crippen LogP contribution in [0.4, 0.5) is 0 Å². The SMILES string of the molecule is NC(=O)c1ccc(=O)n(CN2CCN(Cc3ccncc3)CC2)n1. The van der Waals surface area contributed by atoms with Gasteiger partial charge in [-0.05, 0) is 23.8 Å². The lowest BCUT2D eigenvalue weighted by molar-refractivity contribution is 0.0940. The van der Waals surface area contributed by atoms with Crippen molar-refractivity contribution in [2.24, 2.45) is 5.73 Å². The molecule has 1 fully saturated rings. The van der Waals surface area contributed by atoms with E-state index >= 15 is 0 Å². The van der Waals surface area contributed by atoms with Gasteiger partial charge in [-0.1, -0.05) is 0 Å². The van der Waals surface area contributed by atoms with E-state index < -0.39 is 5.91 Å². The van der Waals surface area contributed by atoms with Crippen molar-refractivity contribution in [3.63, 3.8) is 0 Å². The fourth-order valence-corrected chi connectivity index (χ4v) is 2.71. The van der Waals surface area contributed by atoms with Crippen molar-refractivity contribution in [2.75, 3.05) is 26.2 Å². The number of carbonyl (C=O) groups is 1. The Hall–Kier alpha value is -2.58. The zero-order chi connectivity index (χ0) is 16.9. The Bertz CT molecular complexity index is 753. The lowest BCUT2D eigenvalue weighted by Gasteiger charge is -2.34. The first-order valence-electron chi connectivity index (χ1n) is 7.83. The average Bonchev–Trinajstić information content (AvgIpc) is 2.59. The predicted molar refractivity (Wildman–Crippen MR) is 88.1 cm³/mol. The molecular formula is C16H20N6O2. The van der Waals surface area contributed by atoms with Crippen LogP contribution in [0.2, 0.25) is 0 Å². The quantitative estimate of drug-likeness (QED) is 0.796. The normalized spacial score (nSPS) is 16.2. The molecule has 126 valence electrons. The summed E-state index contributed by atoms with van der Waals surface area (Å²) in [4.78, 5) is 31.6. The highest BCUT2D eigenvalue weighted by molar-refractivity contribution is 5.90. The van der Waals surface area contributed by atoms with Crippen LogP contribution in [0.15, 0.2) is 41.5 Å². The lowest BCUT2D eigenvalue weighted by atomic mass is 10.2. The van der Waals surface area contributed by atoms with E-state index in [1.807, 2.05) is 12.1 Å².